The zero-order valence-corrected chi connectivity index (χ0v) is 17.9. The molecule has 0 fully saturated rings. The molecule has 168 valence electrons. The third-order valence-electron chi connectivity index (χ3n) is 5.27. The molecular formula is C26H22F2N2O3. The van der Waals surface area contributed by atoms with E-state index in [2.05, 4.69) is 4.98 Å². The number of carbonyl (C=O) groups is 1. The number of halogens is 2. The Morgan fingerprint density at radius 2 is 1.70 bits per heavy atom. The van der Waals surface area contributed by atoms with Gasteiger partial charge in [0.15, 0.2) is 0 Å². The van der Waals surface area contributed by atoms with Gasteiger partial charge in [0.2, 0.25) is 0 Å². The molecule has 4 rings (SSSR count). The van der Waals surface area contributed by atoms with Crippen LogP contribution in [0.1, 0.15) is 27.6 Å². The van der Waals surface area contributed by atoms with Crippen molar-refractivity contribution < 1.29 is 23.0 Å². The molecule has 5 nitrogen and oxygen atoms in total. The fourth-order valence-electron chi connectivity index (χ4n) is 3.55. The van der Waals surface area contributed by atoms with E-state index in [1.807, 2.05) is 16.8 Å². The zero-order chi connectivity index (χ0) is 23.2. The minimum Gasteiger partial charge on any atom is -0.465 e. The van der Waals surface area contributed by atoms with Crippen LogP contribution >= 0.6 is 0 Å². The summed E-state index contributed by atoms with van der Waals surface area (Å²) in [4.78, 5) is 16.3. The SMILES string of the molecule is COC(=O)c1ccc(COC(Cn2ccnc2)c2ccc(F)cc2)cc1-c1ccc(F)cc1. The molecule has 33 heavy (non-hydrogen) atoms. The van der Waals surface area contributed by atoms with Gasteiger partial charge in [0.25, 0.3) is 0 Å². The molecule has 3 aromatic carbocycles. The monoisotopic (exact) mass is 448 g/mol. The Morgan fingerprint density at radius 1 is 1.00 bits per heavy atom. The molecule has 0 saturated carbocycles. The predicted octanol–water partition coefficient (Wildman–Crippen LogP) is 5.57. The molecule has 1 aromatic heterocycles. The second kappa shape index (κ2) is 10.2. The lowest BCUT2D eigenvalue weighted by Crippen LogP contribution is -2.12. The number of benzene rings is 3. The number of methoxy groups -OCH3 is 1. The van der Waals surface area contributed by atoms with E-state index >= 15 is 0 Å². The van der Waals surface area contributed by atoms with E-state index in [1.165, 1.54) is 31.4 Å². The van der Waals surface area contributed by atoms with Crippen LogP contribution in [0.4, 0.5) is 8.78 Å². The third-order valence-corrected chi connectivity index (χ3v) is 5.27. The fraction of sp³-hybridized carbons (Fsp3) is 0.154. The predicted molar refractivity (Wildman–Crippen MR) is 119 cm³/mol. The minimum atomic E-state index is -0.480. The van der Waals surface area contributed by atoms with Gasteiger partial charge in [-0.3, -0.25) is 0 Å². The number of esters is 1. The highest BCUT2D eigenvalue weighted by Gasteiger charge is 2.17. The van der Waals surface area contributed by atoms with E-state index in [-0.39, 0.29) is 24.3 Å². The molecule has 7 heteroatoms. The summed E-state index contributed by atoms with van der Waals surface area (Å²) in [6.45, 7) is 0.739. The van der Waals surface area contributed by atoms with Crippen LogP contribution in [-0.4, -0.2) is 22.6 Å². The minimum absolute atomic E-state index is 0.242. The molecule has 0 aliphatic heterocycles. The molecule has 0 bridgehead atoms. The first-order valence-electron chi connectivity index (χ1n) is 10.3. The van der Waals surface area contributed by atoms with Gasteiger partial charge in [0.1, 0.15) is 17.7 Å². The highest BCUT2D eigenvalue weighted by molar-refractivity contribution is 5.97. The maximum Gasteiger partial charge on any atom is 0.338 e. The van der Waals surface area contributed by atoms with Crippen LogP contribution in [0.15, 0.2) is 85.5 Å². The van der Waals surface area contributed by atoms with Crippen LogP contribution in [0, 0.1) is 11.6 Å². The van der Waals surface area contributed by atoms with Crippen LogP contribution in [0.3, 0.4) is 0 Å². The number of ether oxygens (including phenoxy) is 2. The van der Waals surface area contributed by atoms with E-state index in [9.17, 15) is 13.6 Å². The van der Waals surface area contributed by atoms with Crippen molar-refractivity contribution in [2.75, 3.05) is 7.11 Å². The molecule has 0 saturated heterocycles. The number of hydrogen-bond donors (Lipinski definition) is 0. The Labute approximate surface area is 190 Å². The van der Waals surface area contributed by atoms with Crippen molar-refractivity contribution in [1.29, 1.82) is 0 Å². The van der Waals surface area contributed by atoms with E-state index in [1.54, 1.807) is 48.9 Å². The summed E-state index contributed by atoms with van der Waals surface area (Å²) in [5.74, 6) is -1.16. The maximum atomic E-state index is 13.4. The topological polar surface area (TPSA) is 53.4 Å². The standard InChI is InChI=1S/C26H22F2N2O3/c1-32-26(31)23-11-2-18(14-24(23)19-3-7-21(27)8-4-19)16-33-25(15-30-13-12-29-17-30)20-5-9-22(28)10-6-20/h2-14,17,25H,15-16H2,1H3. The zero-order valence-electron chi connectivity index (χ0n) is 17.9. The molecule has 0 aliphatic rings. The lowest BCUT2D eigenvalue weighted by atomic mass is 9.97. The molecule has 0 N–H and O–H groups in total. The van der Waals surface area contributed by atoms with Crippen LogP contribution in [-0.2, 0) is 22.6 Å². The molecule has 0 radical (unpaired) electrons. The van der Waals surface area contributed by atoms with Crippen molar-refractivity contribution in [1.82, 2.24) is 9.55 Å². The summed E-state index contributed by atoms with van der Waals surface area (Å²) < 4.78 is 39.8. The van der Waals surface area contributed by atoms with Crippen molar-refractivity contribution in [3.63, 3.8) is 0 Å². The summed E-state index contributed by atoms with van der Waals surface area (Å²) in [5.41, 5.74) is 3.33. The van der Waals surface area contributed by atoms with E-state index in [0.29, 0.717) is 23.2 Å². The number of aromatic nitrogens is 2. The Hall–Kier alpha value is -3.84. The molecule has 1 heterocycles. The van der Waals surface area contributed by atoms with Gasteiger partial charge >= 0.3 is 5.97 Å². The van der Waals surface area contributed by atoms with E-state index in [4.69, 9.17) is 9.47 Å². The van der Waals surface area contributed by atoms with Crippen LogP contribution in [0.2, 0.25) is 0 Å². The van der Waals surface area contributed by atoms with Gasteiger partial charge in [0.05, 0.1) is 32.2 Å². The smallest absolute Gasteiger partial charge is 0.338 e. The molecule has 0 spiro atoms. The van der Waals surface area contributed by atoms with Crippen molar-refractivity contribution in [3.05, 3.63) is 114 Å². The highest BCUT2D eigenvalue weighted by atomic mass is 19.1. The van der Waals surface area contributed by atoms with Crippen molar-refractivity contribution in [2.45, 2.75) is 19.3 Å². The average Bonchev–Trinajstić information content (AvgIpc) is 3.35. The summed E-state index contributed by atoms with van der Waals surface area (Å²) in [7, 11) is 1.32. The second-order valence-electron chi connectivity index (χ2n) is 7.49. The van der Waals surface area contributed by atoms with Gasteiger partial charge in [-0.05, 0) is 58.7 Å². The Morgan fingerprint density at radius 3 is 2.33 bits per heavy atom. The molecule has 1 unspecified atom stereocenters. The van der Waals surface area contributed by atoms with Crippen LogP contribution in [0.5, 0.6) is 0 Å². The summed E-state index contributed by atoms with van der Waals surface area (Å²) in [6.07, 6.45) is 4.85. The van der Waals surface area contributed by atoms with Crippen molar-refractivity contribution in [2.24, 2.45) is 0 Å². The summed E-state index contributed by atoms with van der Waals surface area (Å²) in [6, 6.07) is 17.4. The maximum absolute atomic E-state index is 13.4. The second-order valence-corrected chi connectivity index (χ2v) is 7.49. The van der Waals surface area contributed by atoms with Gasteiger partial charge < -0.3 is 14.0 Å². The number of carbonyl (C=O) groups excluding carboxylic acids is 1. The normalized spacial score (nSPS) is 11.8. The largest absolute Gasteiger partial charge is 0.465 e. The quantitative estimate of drug-likeness (QED) is 0.331. The van der Waals surface area contributed by atoms with Crippen molar-refractivity contribution in [3.8, 4) is 11.1 Å². The first-order valence-corrected chi connectivity index (χ1v) is 10.3. The van der Waals surface area contributed by atoms with Crippen LogP contribution in [0.25, 0.3) is 11.1 Å². The number of imidazole rings is 1. The number of nitrogens with zero attached hydrogens (tertiary/aromatic N) is 2. The molecule has 1 atom stereocenters. The molecule has 0 aliphatic carbocycles. The van der Waals surface area contributed by atoms with Gasteiger partial charge in [-0.2, -0.15) is 0 Å². The van der Waals surface area contributed by atoms with Gasteiger partial charge in [0, 0.05) is 12.4 Å². The first kappa shape index (κ1) is 22.4. The highest BCUT2D eigenvalue weighted by Crippen LogP contribution is 2.28. The molecule has 4 aromatic rings. The average molecular weight is 448 g/mol. The van der Waals surface area contributed by atoms with Gasteiger partial charge in [-0.25, -0.2) is 18.6 Å². The fourth-order valence-corrected chi connectivity index (χ4v) is 3.55. The van der Waals surface area contributed by atoms with E-state index in [0.717, 1.165) is 11.1 Å². The summed E-state index contributed by atoms with van der Waals surface area (Å²) in [5, 5.41) is 0. The molecule has 0 amide bonds. The molecular weight excluding hydrogens is 426 g/mol. The van der Waals surface area contributed by atoms with Crippen molar-refractivity contribution >= 4 is 5.97 Å². The first-order chi connectivity index (χ1) is 16.0. The van der Waals surface area contributed by atoms with Gasteiger partial charge in [-0.1, -0.05) is 30.3 Å². The van der Waals surface area contributed by atoms with Gasteiger partial charge in [-0.15, -0.1) is 0 Å². The lowest BCUT2D eigenvalue weighted by molar-refractivity contribution is 0.0279. The Kier molecular flexibility index (Phi) is 6.90. The number of hydrogen-bond acceptors (Lipinski definition) is 4. The van der Waals surface area contributed by atoms with E-state index < -0.39 is 5.97 Å². The summed E-state index contributed by atoms with van der Waals surface area (Å²) >= 11 is 0. The Balaban J connectivity index is 1.61. The lowest BCUT2D eigenvalue weighted by Gasteiger charge is -2.20. The number of rotatable bonds is 8. The Bertz CT molecular complexity index is 1210. The third kappa shape index (κ3) is 5.51. The van der Waals surface area contributed by atoms with Crippen LogP contribution < -0.4 is 0 Å².